The normalized spacial score (nSPS) is 11.2. The zero-order chi connectivity index (χ0) is 13.4. The molecule has 0 saturated carbocycles. The predicted molar refractivity (Wildman–Crippen MR) is 75.2 cm³/mol. The third-order valence-corrected chi connectivity index (χ3v) is 2.78. The maximum absolute atomic E-state index is 13.5. The minimum absolute atomic E-state index is 0.111. The van der Waals surface area contributed by atoms with Crippen molar-refractivity contribution in [1.29, 1.82) is 0 Å². The quantitative estimate of drug-likeness (QED) is 0.695. The monoisotopic (exact) mass is 252 g/mol. The molecule has 0 heterocycles. The molecule has 2 nitrogen and oxygen atoms in total. The van der Waals surface area contributed by atoms with Crippen LogP contribution in [0.15, 0.2) is 18.2 Å². The molecule has 3 heteroatoms. The standard InChI is InChI=1S/C15H25FN2/c1-12(2)10-17-7-4-8-18-11-14-6-5-13(3)9-15(14)16/h5-6,9,12,17-18H,4,7-8,10-11H2,1-3H3. The average molecular weight is 252 g/mol. The van der Waals surface area contributed by atoms with Crippen LogP contribution in [-0.4, -0.2) is 19.6 Å². The van der Waals surface area contributed by atoms with Crippen LogP contribution in [0.3, 0.4) is 0 Å². The Morgan fingerprint density at radius 2 is 1.89 bits per heavy atom. The molecule has 0 fully saturated rings. The Kier molecular flexibility index (Phi) is 6.91. The van der Waals surface area contributed by atoms with Gasteiger partial charge in [0.25, 0.3) is 0 Å². The van der Waals surface area contributed by atoms with Crippen LogP contribution < -0.4 is 10.6 Å². The molecule has 0 bridgehead atoms. The van der Waals surface area contributed by atoms with E-state index < -0.39 is 0 Å². The molecule has 0 aliphatic heterocycles. The van der Waals surface area contributed by atoms with Gasteiger partial charge >= 0.3 is 0 Å². The fourth-order valence-corrected chi connectivity index (χ4v) is 1.75. The summed E-state index contributed by atoms with van der Waals surface area (Å²) in [6, 6.07) is 5.39. The summed E-state index contributed by atoms with van der Waals surface area (Å²) in [7, 11) is 0. The van der Waals surface area contributed by atoms with E-state index in [9.17, 15) is 4.39 Å². The molecule has 18 heavy (non-hydrogen) atoms. The molecule has 0 aliphatic rings. The zero-order valence-electron chi connectivity index (χ0n) is 11.7. The summed E-state index contributed by atoms with van der Waals surface area (Å²) in [6.07, 6.45) is 1.07. The van der Waals surface area contributed by atoms with Crippen molar-refractivity contribution in [2.24, 2.45) is 5.92 Å². The van der Waals surface area contributed by atoms with Crippen LogP contribution in [0.1, 0.15) is 31.4 Å². The van der Waals surface area contributed by atoms with Crippen LogP contribution in [0.5, 0.6) is 0 Å². The van der Waals surface area contributed by atoms with Crippen molar-refractivity contribution in [1.82, 2.24) is 10.6 Å². The highest BCUT2D eigenvalue weighted by atomic mass is 19.1. The lowest BCUT2D eigenvalue weighted by atomic mass is 10.1. The highest BCUT2D eigenvalue weighted by Gasteiger charge is 2.01. The van der Waals surface area contributed by atoms with Crippen molar-refractivity contribution in [2.45, 2.75) is 33.7 Å². The third kappa shape index (κ3) is 6.12. The second-order valence-electron chi connectivity index (χ2n) is 5.22. The Hall–Kier alpha value is -0.930. The Morgan fingerprint density at radius 3 is 2.56 bits per heavy atom. The molecule has 0 amide bonds. The summed E-state index contributed by atoms with van der Waals surface area (Å²) in [4.78, 5) is 0. The van der Waals surface area contributed by atoms with Gasteiger partial charge in [-0.1, -0.05) is 26.0 Å². The van der Waals surface area contributed by atoms with Gasteiger partial charge in [-0.05, 0) is 50.5 Å². The lowest BCUT2D eigenvalue weighted by Crippen LogP contribution is -2.24. The van der Waals surface area contributed by atoms with Crippen molar-refractivity contribution < 1.29 is 4.39 Å². The molecule has 2 N–H and O–H groups in total. The smallest absolute Gasteiger partial charge is 0.127 e. The summed E-state index contributed by atoms with van der Waals surface area (Å²) >= 11 is 0. The van der Waals surface area contributed by atoms with Crippen molar-refractivity contribution >= 4 is 0 Å². The van der Waals surface area contributed by atoms with Crippen molar-refractivity contribution in [3.8, 4) is 0 Å². The molecule has 1 aromatic carbocycles. The number of hydrogen-bond acceptors (Lipinski definition) is 2. The molecular weight excluding hydrogens is 227 g/mol. The molecule has 1 rings (SSSR count). The Bertz CT molecular complexity index is 350. The molecule has 0 saturated heterocycles. The number of nitrogens with one attached hydrogen (secondary N) is 2. The van der Waals surface area contributed by atoms with Gasteiger partial charge in [0.15, 0.2) is 0 Å². The van der Waals surface area contributed by atoms with E-state index in [2.05, 4.69) is 24.5 Å². The SMILES string of the molecule is Cc1ccc(CNCCCNCC(C)C)c(F)c1. The van der Waals surface area contributed by atoms with Crippen molar-refractivity contribution in [3.05, 3.63) is 35.1 Å². The van der Waals surface area contributed by atoms with Gasteiger partial charge in [-0.25, -0.2) is 4.39 Å². The van der Waals surface area contributed by atoms with Crippen LogP contribution in [-0.2, 0) is 6.54 Å². The molecule has 1 aromatic rings. The van der Waals surface area contributed by atoms with E-state index in [0.29, 0.717) is 12.5 Å². The highest BCUT2D eigenvalue weighted by molar-refractivity contribution is 5.23. The van der Waals surface area contributed by atoms with Crippen LogP contribution in [0.4, 0.5) is 4.39 Å². The van der Waals surface area contributed by atoms with E-state index in [0.717, 1.165) is 37.2 Å². The molecule has 0 atom stereocenters. The first-order chi connectivity index (χ1) is 8.59. The molecule has 102 valence electrons. The summed E-state index contributed by atoms with van der Waals surface area (Å²) < 4.78 is 13.5. The molecule has 0 aromatic heterocycles. The van der Waals surface area contributed by atoms with Crippen molar-refractivity contribution in [3.63, 3.8) is 0 Å². The Labute approximate surface area is 110 Å². The van der Waals surface area contributed by atoms with Gasteiger partial charge in [-0.3, -0.25) is 0 Å². The third-order valence-electron chi connectivity index (χ3n) is 2.78. The number of benzene rings is 1. The minimum atomic E-state index is -0.111. The first-order valence-corrected chi connectivity index (χ1v) is 6.76. The van der Waals surface area contributed by atoms with Crippen LogP contribution in [0.2, 0.25) is 0 Å². The summed E-state index contributed by atoms with van der Waals surface area (Å²) in [6.45, 7) is 9.90. The number of aryl methyl sites for hydroxylation is 1. The molecule has 0 aliphatic carbocycles. The van der Waals surface area contributed by atoms with Gasteiger partial charge in [0.05, 0.1) is 0 Å². The van der Waals surface area contributed by atoms with Gasteiger partial charge in [0, 0.05) is 12.1 Å². The lowest BCUT2D eigenvalue weighted by Gasteiger charge is -2.09. The van der Waals surface area contributed by atoms with E-state index >= 15 is 0 Å². The van der Waals surface area contributed by atoms with E-state index in [-0.39, 0.29) is 5.82 Å². The summed E-state index contributed by atoms with van der Waals surface area (Å²) in [5.41, 5.74) is 1.71. The molecule has 0 unspecified atom stereocenters. The number of rotatable bonds is 8. The first-order valence-electron chi connectivity index (χ1n) is 6.76. The lowest BCUT2D eigenvalue weighted by molar-refractivity contribution is 0.526. The Balaban J connectivity index is 2.11. The largest absolute Gasteiger partial charge is 0.316 e. The topological polar surface area (TPSA) is 24.1 Å². The second kappa shape index (κ2) is 8.22. The first kappa shape index (κ1) is 15.1. The van der Waals surface area contributed by atoms with Crippen LogP contribution in [0.25, 0.3) is 0 Å². The van der Waals surface area contributed by atoms with Gasteiger partial charge < -0.3 is 10.6 Å². The molecule has 0 radical (unpaired) electrons. The Morgan fingerprint density at radius 1 is 1.17 bits per heavy atom. The average Bonchev–Trinajstić information content (AvgIpc) is 2.30. The summed E-state index contributed by atoms with van der Waals surface area (Å²) in [5.74, 6) is 0.583. The summed E-state index contributed by atoms with van der Waals surface area (Å²) in [5, 5.41) is 6.66. The van der Waals surface area contributed by atoms with Crippen LogP contribution in [0, 0.1) is 18.7 Å². The predicted octanol–water partition coefficient (Wildman–Crippen LogP) is 2.86. The zero-order valence-corrected chi connectivity index (χ0v) is 11.7. The highest BCUT2D eigenvalue weighted by Crippen LogP contribution is 2.09. The van der Waals surface area contributed by atoms with Crippen LogP contribution >= 0.6 is 0 Å². The maximum atomic E-state index is 13.5. The number of hydrogen-bond donors (Lipinski definition) is 2. The van der Waals surface area contributed by atoms with Gasteiger partial charge in [0.2, 0.25) is 0 Å². The second-order valence-corrected chi connectivity index (χ2v) is 5.22. The molecule has 0 spiro atoms. The van der Waals surface area contributed by atoms with Gasteiger partial charge in [-0.2, -0.15) is 0 Å². The van der Waals surface area contributed by atoms with Gasteiger partial charge in [0.1, 0.15) is 5.82 Å². The fraction of sp³-hybridized carbons (Fsp3) is 0.600. The van der Waals surface area contributed by atoms with E-state index in [1.54, 1.807) is 6.07 Å². The minimum Gasteiger partial charge on any atom is -0.316 e. The van der Waals surface area contributed by atoms with Gasteiger partial charge in [-0.15, -0.1) is 0 Å². The maximum Gasteiger partial charge on any atom is 0.127 e. The fourth-order valence-electron chi connectivity index (χ4n) is 1.75. The number of halogens is 1. The van der Waals surface area contributed by atoms with E-state index in [1.807, 2.05) is 19.1 Å². The van der Waals surface area contributed by atoms with E-state index in [1.165, 1.54) is 0 Å². The van der Waals surface area contributed by atoms with Crippen molar-refractivity contribution in [2.75, 3.05) is 19.6 Å². The van der Waals surface area contributed by atoms with E-state index in [4.69, 9.17) is 0 Å². The molecular formula is C15H25FN2.